The highest BCUT2D eigenvalue weighted by molar-refractivity contribution is 8.23. The zero-order valence-corrected chi connectivity index (χ0v) is 25.3. The number of anilines is 1. The minimum Gasteiger partial charge on any atom is -0.369 e. The van der Waals surface area contributed by atoms with E-state index >= 15 is 0 Å². The average molecular weight is 576 g/mol. The van der Waals surface area contributed by atoms with Crippen LogP contribution in [0.3, 0.4) is 0 Å². The van der Waals surface area contributed by atoms with Crippen molar-refractivity contribution in [3.63, 3.8) is 0 Å². The fraction of sp³-hybridized carbons (Fsp3) is 0.429. The Labute approximate surface area is 240 Å². The van der Waals surface area contributed by atoms with Crippen LogP contribution in [-0.2, 0) is 30.5 Å². The predicted octanol–water partition coefficient (Wildman–Crippen LogP) is 5.97. The fourth-order valence-corrected chi connectivity index (χ4v) is 5.65. The lowest BCUT2D eigenvalue weighted by molar-refractivity contribution is -0.113. The second-order valence-electron chi connectivity index (χ2n) is 8.29. The van der Waals surface area contributed by atoms with Gasteiger partial charge in [0.25, 0.3) is 0 Å². The van der Waals surface area contributed by atoms with Crippen molar-refractivity contribution in [3.8, 4) is 0 Å². The summed E-state index contributed by atoms with van der Waals surface area (Å²) in [5.41, 5.74) is 6.23. The number of ketones is 1. The van der Waals surface area contributed by atoms with Crippen LogP contribution < -0.4 is 16.0 Å². The highest BCUT2D eigenvalue weighted by Gasteiger charge is 2.15. The molecule has 0 aliphatic heterocycles. The number of benzene rings is 2. The molecule has 0 aliphatic carbocycles. The molecule has 0 aliphatic rings. The molecule has 5 nitrogen and oxygen atoms in total. The SMILES string of the molecule is CCc1cccc(CC)c1NC(=O)CSC(=S)NCCNC(=S)SCC(=O)c1c(CC)cccc1CC. The number of nitrogens with one attached hydrogen (secondary N) is 3. The monoisotopic (exact) mass is 575 g/mol. The summed E-state index contributed by atoms with van der Waals surface area (Å²) in [4.78, 5) is 25.4. The lowest BCUT2D eigenvalue weighted by Gasteiger charge is -2.14. The van der Waals surface area contributed by atoms with Gasteiger partial charge in [-0.1, -0.05) is 112 Å². The Morgan fingerprint density at radius 2 is 1.14 bits per heavy atom. The van der Waals surface area contributed by atoms with Crippen LogP contribution in [0.1, 0.15) is 60.3 Å². The van der Waals surface area contributed by atoms with E-state index in [2.05, 4.69) is 43.6 Å². The van der Waals surface area contributed by atoms with E-state index < -0.39 is 0 Å². The van der Waals surface area contributed by atoms with Gasteiger partial charge in [-0.2, -0.15) is 0 Å². The molecule has 0 radical (unpaired) electrons. The molecule has 2 rings (SSSR count). The van der Waals surface area contributed by atoms with Gasteiger partial charge >= 0.3 is 0 Å². The van der Waals surface area contributed by atoms with Gasteiger partial charge in [-0.05, 0) is 47.9 Å². The largest absolute Gasteiger partial charge is 0.369 e. The van der Waals surface area contributed by atoms with Crippen LogP contribution in [0.25, 0.3) is 0 Å². The van der Waals surface area contributed by atoms with Crippen molar-refractivity contribution >= 4 is 74.0 Å². The van der Waals surface area contributed by atoms with Crippen LogP contribution in [-0.4, -0.2) is 44.9 Å². The summed E-state index contributed by atoms with van der Waals surface area (Å²) in [5.74, 6) is 0.606. The second-order valence-corrected chi connectivity index (χ2v) is 11.6. The Hall–Kier alpha value is -1.94. The van der Waals surface area contributed by atoms with Crippen LogP contribution in [0.5, 0.6) is 0 Å². The van der Waals surface area contributed by atoms with Gasteiger partial charge in [0.1, 0.15) is 8.64 Å². The number of carbonyl (C=O) groups is 2. The van der Waals surface area contributed by atoms with Crippen LogP contribution >= 0.6 is 48.0 Å². The number of amides is 1. The number of thioether (sulfide) groups is 2. The predicted molar refractivity (Wildman–Crippen MR) is 169 cm³/mol. The molecule has 37 heavy (non-hydrogen) atoms. The zero-order valence-electron chi connectivity index (χ0n) is 22.1. The summed E-state index contributed by atoms with van der Waals surface area (Å²) in [6, 6.07) is 12.2. The van der Waals surface area contributed by atoms with Crippen molar-refractivity contribution in [1.29, 1.82) is 0 Å². The van der Waals surface area contributed by atoms with Gasteiger partial charge in [0, 0.05) is 24.3 Å². The highest BCUT2D eigenvalue weighted by atomic mass is 32.2. The van der Waals surface area contributed by atoms with E-state index in [0.29, 0.717) is 27.5 Å². The number of Topliss-reactive ketones (excluding diaryl/α,β-unsaturated/α-hetero) is 1. The average Bonchev–Trinajstić information content (AvgIpc) is 2.92. The van der Waals surface area contributed by atoms with Crippen LogP contribution in [0.4, 0.5) is 5.69 Å². The van der Waals surface area contributed by atoms with E-state index in [4.69, 9.17) is 24.4 Å². The molecule has 0 saturated carbocycles. The zero-order chi connectivity index (χ0) is 27.2. The summed E-state index contributed by atoms with van der Waals surface area (Å²) in [6.07, 6.45) is 3.39. The highest BCUT2D eigenvalue weighted by Crippen LogP contribution is 2.23. The number of rotatable bonds is 13. The van der Waals surface area contributed by atoms with E-state index in [0.717, 1.165) is 59.2 Å². The first-order valence-corrected chi connectivity index (χ1v) is 15.5. The van der Waals surface area contributed by atoms with Gasteiger partial charge in [-0.3, -0.25) is 9.59 Å². The molecular weight excluding hydrogens is 539 g/mol. The van der Waals surface area contributed by atoms with E-state index in [1.165, 1.54) is 23.5 Å². The number of hydrogen-bond acceptors (Lipinski definition) is 6. The van der Waals surface area contributed by atoms with Gasteiger partial charge in [0.15, 0.2) is 5.78 Å². The summed E-state index contributed by atoms with van der Waals surface area (Å²) in [7, 11) is 0. The normalized spacial score (nSPS) is 10.6. The number of carbonyl (C=O) groups excluding carboxylic acids is 2. The number of para-hydroxylation sites is 1. The van der Waals surface area contributed by atoms with Crippen molar-refractivity contribution in [3.05, 3.63) is 64.2 Å². The van der Waals surface area contributed by atoms with Crippen molar-refractivity contribution < 1.29 is 9.59 Å². The van der Waals surface area contributed by atoms with Crippen LogP contribution in [0.15, 0.2) is 36.4 Å². The van der Waals surface area contributed by atoms with E-state index in [-0.39, 0.29) is 17.4 Å². The quantitative estimate of drug-likeness (QED) is 0.153. The van der Waals surface area contributed by atoms with Gasteiger partial charge in [0.05, 0.1) is 11.5 Å². The summed E-state index contributed by atoms with van der Waals surface area (Å²) >= 11 is 13.4. The Kier molecular flexibility index (Phi) is 14.2. The minimum atomic E-state index is -0.0685. The molecule has 9 heteroatoms. The molecule has 0 bridgehead atoms. The molecule has 0 atom stereocenters. The molecule has 1 amide bonds. The number of hydrogen-bond donors (Lipinski definition) is 3. The van der Waals surface area contributed by atoms with Crippen molar-refractivity contribution in [2.24, 2.45) is 0 Å². The first-order valence-electron chi connectivity index (χ1n) is 12.7. The maximum absolute atomic E-state index is 12.9. The molecule has 2 aromatic rings. The molecular formula is C28H37N3O2S4. The first kappa shape index (κ1) is 31.3. The summed E-state index contributed by atoms with van der Waals surface area (Å²) < 4.78 is 1.15. The van der Waals surface area contributed by atoms with E-state index in [1.54, 1.807) is 0 Å². The molecule has 0 unspecified atom stereocenters. The molecule has 0 spiro atoms. The van der Waals surface area contributed by atoms with Crippen LogP contribution in [0, 0.1) is 0 Å². The third-order valence-corrected chi connectivity index (χ3v) is 8.50. The topological polar surface area (TPSA) is 70.2 Å². The first-order chi connectivity index (χ1) is 17.8. The van der Waals surface area contributed by atoms with E-state index in [9.17, 15) is 9.59 Å². The van der Waals surface area contributed by atoms with Crippen molar-refractivity contribution in [1.82, 2.24) is 10.6 Å². The van der Waals surface area contributed by atoms with Crippen molar-refractivity contribution in [2.45, 2.75) is 53.4 Å². The lowest BCUT2D eigenvalue weighted by Crippen LogP contribution is -2.32. The fourth-order valence-electron chi connectivity index (χ4n) is 3.94. The van der Waals surface area contributed by atoms with Gasteiger partial charge in [-0.25, -0.2) is 0 Å². The van der Waals surface area contributed by atoms with Gasteiger partial charge in [0.2, 0.25) is 5.91 Å². The standard InChI is InChI=1S/C28H37N3O2S4/c1-5-19-11-9-12-20(6-2)25(19)23(32)17-36-27(34)29-15-16-30-28(35)37-18-24(33)31-26-21(7-3)13-10-14-22(26)8-4/h9-14H,5-8,15-18H2,1-4H3,(H,29,34)(H,30,35)(H,31,33). The maximum Gasteiger partial charge on any atom is 0.234 e. The summed E-state index contributed by atoms with van der Waals surface area (Å²) in [6.45, 7) is 9.45. The molecule has 2 aromatic carbocycles. The van der Waals surface area contributed by atoms with Crippen LogP contribution in [0.2, 0.25) is 0 Å². The van der Waals surface area contributed by atoms with Gasteiger partial charge < -0.3 is 16.0 Å². The molecule has 3 N–H and O–H groups in total. The Morgan fingerprint density at radius 1 is 0.703 bits per heavy atom. The van der Waals surface area contributed by atoms with Gasteiger partial charge in [-0.15, -0.1) is 0 Å². The molecule has 0 saturated heterocycles. The molecule has 0 fully saturated rings. The molecule has 0 aromatic heterocycles. The Balaban J connectivity index is 1.69. The van der Waals surface area contributed by atoms with Crippen molar-refractivity contribution in [2.75, 3.05) is 29.9 Å². The minimum absolute atomic E-state index is 0.0685. The maximum atomic E-state index is 12.9. The Morgan fingerprint density at radius 3 is 1.59 bits per heavy atom. The number of thiocarbonyl (C=S) groups is 2. The third kappa shape index (κ3) is 10.0. The Bertz CT molecular complexity index is 1060. The lowest BCUT2D eigenvalue weighted by atomic mass is 9.95. The summed E-state index contributed by atoms with van der Waals surface area (Å²) in [5, 5.41) is 9.36. The molecule has 200 valence electrons. The second kappa shape index (κ2) is 16.8. The molecule has 0 heterocycles. The number of aryl methyl sites for hydroxylation is 4. The van der Waals surface area contributed by atoms with E-state index in [1.807, 2.05) is 36.4 Å². The smallest absolute Gasteiger partial charge is 0.234 e. The third-order valence-electron chi connectivity index (χ3n) is 5.87.